The van der Waals surface area contributed by atoms with Crippen LogP contribution in [-0.2, 0) is 14.8 Å². The molecule has 2 N–H and O–H groups in total. The largest absolute Gasteiger partial charge is 0.323 e. The molecular formula is C24H30ClN3O3S. The van der Waals surface area contributed by atoms with Crippen molar-refractivity contribution in [1.29, 1.82) is 0 Å². The Labute approximate surface area is 195 Å². The molecule has 1 heterocycles. The molecule has 0 unspecified atom stereocenters. The summed E-state index contributed by atoms with van der Waals surface area (Å²) in [5.41, 5.74) is 1.48. The van der Waals surface area contributed by atoms with Crippen LogP contribution < -0.4 is 10.6 Å². The van der Waals surface area contributed by atoms with Crippen molar-refractivity contribution >= 4 is 33.2 Å². The summed E-state index contributed by atoms with van der Waals surface area (Å²) in [5.74, 6) is 0.273. The summed E-state index contributed by atoms with van der Waals surface area (Å²) in [6.45, 7) is 2.86. The fourth-order valence-corrected chi connectivity index (χ4v) is 5.90. The van der Waals surface area contributed by atoms with Gasteiger partial charge in [0.2, 0.25) is 15.9 Å². The van der Waals surface area contributed by atoms with Gasteiger partial charge in [-0.3, -0.25) is 10.1 Å². The van der Waals surface area contributed by atoms with Gasteiger partial charge in [-0.2, -0.15) is 4.31 Å². The van der Waals surface area contributed by atoms with E-state index in [0.29, 0.717) is 29.7 Å². The minimum absolute atomic E-state index is 0.109. The molecule has 1 amide bonds. The van der Waals surface area contributed by atoms with Crippen LogP contribution in [0.2, 0.25) is 5.02 Å². The summed E-state index contributed by atoms with van der Waals surface area (Å²) < 4.78 is 27.5. The van der Waals surface area contributed by atoms with E-state index in [-0.39, 0.29) is 16.8 Å². The molecule has 32 heavy (non-hydrogen) atoms. The van der Waals surface area contributed by atoms with Gasteiger partial charge in [-0.15, -0.1) is 0 Å². The summed E-state index contributed by atoms with van der Waals surface area (Å²) >= 11 is 6.30. The maximum absolute atomic E-state index is 13.0. The molecule has 0 radical (unpaired) electrons. The Bertz CT molecular complexity index is 1050. The molecule has 1 saturated carbocycles. The van der Waals surface area contributed by atoms with Crippen LogP contribution >= 0.6 is 11.6 Å². The van der Waals surface area contributed by atoms with Crippen molar-refractivity contribution in [3.8, 4) is 0 Å². The summed E-state index contributed by atoms with van der Waals surface area (Å²) in [5, 5.41) is 6.58. The predicted molar refractivity (Wildman–Crippen MR) is 127 cm³/mol. The lowest BCUT2D eigenvalue weighted by Crippen LogP contribution is -2.41. The minimum atomic E-state index is -3.61. The van der Waals surface area contributed by atoms with E-state index in [4.69, 9.17) is 11.6 Å². The molecule has 2 aromatic rings. The second kappa shape index (κ2) is 9.91. The molecule has 0 aromatic heterocycles. The zero-order valence-corrected chi connectivity index (χ0v) is 19.8. The van der Waals surface area contributed by atoms with Gasteiger partial charge >= 0.3 is 0 Å². The van der Waals surface area contributed by atoms with E-state index in [1.807, 2.05) is 25.1 Å². The number of sulfonamides is 1. The van der Waals surface area contributed by atoms with Crippen LogP contribution in [0.4, 0.5) is 5.69 Å². The molecule has 1 aliphatic carbocycles. The molecule has 2 aromatic carbocycles. The number of nitrogens with one attached hydrogen (secondary N) is 2. The Balaban J connectivity index is 1.47. The van der Waals surface area contributed by atoms with Crippen molar-refractivity contribution in [3.63, 3.8) is 0 Å². The quantitative estimate of drug-likeness (QED) is 0.585. The number of halogens is 1. The average molecular weight is 476 g/mol. The zero-order valence-electron chi connectivity index (χ0n) is 18.3. The van der Waals surface area contributed by atoms with E-state index in [1.165, 1.54) is 28.1 Å². The number of piperidine rings is 1. The Hall–Kier alpha value is -1.93. The molecule has 6 nitrogen and oxygen atoms in total. The molecular weight excluding hydrogens is 446 g/mol. The lowest BCUT2D eigenvalue weighted by Gasteiger charge is -2.26. The van der Waals surface area contributed by atoms with Gasteiger partial charge in [0.05, 0.1) is 21.6 Å². The van der Waals surface area contributed by atoms with Gasteiger partial charge in [0.15, 0.2) is 0 Å². The topological polar surface area (TPSA) is 78.5 Å². The van der Waals surface area contributed by atoms with Gasteiger partial charge in [-0.05, 0) is 62.3 Å². The van der Waals surface area contributed by atoms with E-state index < -0.39 is 16.1 Å². The van der Waals surface area contributed by atoms with Crippen molar-refractivity contribution < 1.29 is 13.2 Å². The number of carbonyl (C=O) groups is 1. The fraction of sp³-hybridized carbons (Fsp3) is 0.458. The summed E-state index contributed by atoms with van der Waals surface area (Å²) in [6, 6.07) is 14.3. The number of nitrogens with zero attached hydrogens (tertiary/aromatic N) is 1. The molecule has 4 rings (SSSR count). The number of anilines is 1. The van der Waals surface area contributed by atoms with Gasteiger partial charge in [0, 0.05) is 19.1 Å². The maximum atomic E-state index is 13.0. The Morgan fingerprint density at radius 2 is 1.75 bits per heavy atom. The highest BCUT2D eigenvalue weighted by Crippen LogP contribution is 2.41. The Kier molecular flexibility index (Phi) is 7.20. The molecule has 2 atom stereocenters. The fourth-order valence-electron chi connectivity index (χ4n) is 4.20. The predicted octanol–water partition coefficient (Wildman–Crippen LogP) is 4.58. The molecule has 8 heteroatoms. The molecule has 2 aliphatic rings. The smallest absolute Gasteiger partial charge is 0.243 e. The van der Waals surface area contributed by atoms with Crippen LogP contribution in [0.5, 0.6) is 0 Å². The van der Waals surface area contributed by atoms with Crippen molar-refractivity contribution in [1.82, 2.24) is 9.62 Å². The number of rotatable bonds is 8. The van der Waals surface area contributed by atoms with E-state index >= 15 is 0 Å². The molecule has 0 spiro atoms. The lowest BCUT2D eigenvalue weighted by molar-refractivity contribution is -0.118. The van der Waals surface area contributed by atoms with Crippen molar-refractivity contribution in [3.05, 3.63) is 59.1 Å². The molecule has 1 aliphatic heterocycles. The number of hydrogen-bond acceptors (Lipinski definition) is 4. The first kappa shape index (κ1) is 23.2. The van der Waals surface area contributed by atoms with E-state index in [2.05, 4.69) is 22.8 Å². The van der Waals surface area contributed by atoms with Crippen molar-refractivity contribution in [2.75, 3.05) is 18.4 Å². The number of hydrogen-bond donors (Lipinski definition) is 2. The first-order valence-electron chi connectivity index (χ1n) is 11.3. The summed E-state index contributed by atoms with van der Waals surface area (Å²) in [6.07, 6.45) is 5.06. The van der Waals surface area contributed by atoms with Crippen LogP contribution in [0.1, 0.15) is 50.6 Å². The van der Waals surface area contributed by atoms with Crippen LogP contribution in [0.25, 0.3) is 0 Å². The van der Waals surface area contributed by atoms with E-state index in [1.54, 1.807) is 0 Å². The number of benzene rings is 2. The average Bonchev–Trinajstić information content (AvgIpc) is 3.65. The van der Waals surface area contributed by atoms with Crippen molar-refractivity contribution in [2.24, 2.45) is 5.92 Å². The Morgan fingerprint density at radius 1 is 1.06 bits per heavy atom. The lowest BCUT2D eigenvalue weighted by atomic mass is 10.0. The third-order valence-electron chi connectivity index (χ3n) is 6.22. The Morgan fingerprint density at radius 3 is 2.41 bits per heavy atom. The summed E-state index contributed by atoms with van der Waals surface area (Å²) in [4.78, 5) is 13.1. The zero-order chi connectivity index (χ0) is 22.7. The number of amides is 1. The van der Waals surface area contributed by atoms with Crippen LogP contribution in [-0.4, -0.2) is 37.8 Å². The van der Waals surface area contributed by atoms with Gasteiger partial charge in [-0.25, -0.2) is 8.42 Å². The van der Waals surface area contributed by atoms with Gasteiger partial charge < -0.3 is 5.32 Å². The first-order valence-corrected chi connectivity index (χ1v) is 13.1. The second-order valence-electron chi connectivity index (χ2n) is 8.71. The molecule has 2 fully saturated rings. The molecule has 172 valence electrons. The minimum Gasteiger partial charge on any atom is -0.323 e. The van der Waals surface area contributed by atoms with Crippen LogP contribution in [0.3, 0.4) is 0 Å². The monoisotopic (exact) mass is 475 g/mol. The highest BCUT2D eigenvalue weighted by Gasteiger charge is 2.34. The highest BCUT2D eigenvalue weighted by atomic mass is 35.5. The maximum Gasteiger partial charge on any atom is 0.243 e. The van der Waals surface area contributed by atoms with Crippen molar-refractivity contribution in [2.45, 2.75) is 56.0 Å². The molecule has 1 saturated heterocycles. The SMILES string of the molecule is C[C@H](N[C@H](c1ccccc1)C1CC1)C(=O)Nc1cc(S(=O)(=O)N2CCCCC2)ccc1Cl. The first-order chi connectivity index (χ1) is 15.4. The van der Waals surface area contributed by atoms with E-state index in [9.17, 15) is 13.2 Å². The highest BCUT2D eigenvalue weighted by molar-refractivity contribution is 7.89. The third-order valence-corrected chi connectivity index (χ3v) is 8.45. The second-order valence-corrected chi connectivity index (χ2v) is 11.1. The standard InChI is InChI=1S/C24H30ClN3O3S/c1-17(26-23(19-10-11-19)18-8-4-2-5-9-18)24(29)27-22-16-20(12-13-21(22)25)32(30,31)28-14-6-3-7-15-28/h2,4-5,8-9,12-13,16-17,19,23,26H,3,6-7,10-11,14-15H2,1H3,(H,27,29)/t17-,23+/m0/s1. The van der Waals surface area contributed by atoms with Gasteiger partial charge in [-0.1, -0.05) is 48.4 Å². The van der Waals surface area contributed by atoms with E-state index in [0.717, 1.165) is 32.1 Å². The molecule has 0 bridgehead atoms. The van der Waals surface area contributed by atoms with Crippen LogP contribution in [0.15, 0.2) is 53.4 Å². The van der Waals surface area contributed by atoms with Crippen LogP contribution in [0, 0.1) is 5.92 Å². The normalized spacial score (nSPS) is 19.3. The van der Waals surface area contributed by atoms with Gasteiger partial charge in [0.1, 0.15) is 0 Å². The van der Waals surface area contributed by atoms with Gasteiger partial charge in [0.25, 0.3) is 0 Å². The number of carbonyl (C=O) groups excluding carboxylic acids is 1. The summed E-state index contributed by atoms with van der Waals surface area (Å²) in [7, 11) is -3.61. The third kappa shape index (κ3) is 5.34.